The van der Waals surface area contributed by atoms with Crippen molar-refractivity contribution in [3.8, 4) is 0 Å². The average Bonchev–Trinajstić information content (AvgIpc) is 2.42. The first-order chi connectivity index (χ1) is 3.84. The third-order valence-corrected chi connectivity index (χ3v) is 3.29. The maximum absolute atomic E-state index is 2.56. The number of halogens is 1. The molecule has 0 N–H and O–H groups in total. The maximum atomic E-state index is 2.56. The highest BCUT2D eigenvalue weighted by Gasteiger charge is 2.32. The third kappa shape index (κ3) is 1.92. The summed E-state index contributed by atoms with van der Waals surface area (Å²) in [5.74, 6) is 1.11. The van der Waals surface area contributed by atoms with Crippen LogP contribution in [0.15, 0.2) is 0 Å². The summed E-state index contributed by atoms with van der Waals surface area (Å²) in [6, 6.07) is 0. The van der Waals surface area contributed by atoms with Gasteiger partial charge in [-0.1, -0.05) is 42.4 Å². The van der Waals surface area contributed by atoms with E-state index in [9.17, 15) is 0 Å². The van der Waals surface area contributed by atoms with Gasteiger partial charge in [-0.2, -0.15) is 0 Å². The number of hydrogen-bond donors (Lipinski definition) is 0. The normalized spacial score (nSPS) is 35.2. The molecule has 0 radical (unpaired) electrons. The Morgan fingerprint density at radius 2 is 2.25 bits per heavy atom. The lowest BCUT2D eigenvalue weighted by Crippen LogP contribution is -1.78. The summed E-state index contributed by atoms with van der Waals surface area (Å²) in [6.45, 7) is 2.27. The minimum absolute atomic E-state index is 1.04. The van der Waals surface area contributed by atoms with Crippen molar-refractivity contribution < 1.29 is 0 Å². The first-order valence-electron chi connectivity index (χ1n) is 3.48. The van der Waals surface area contributed by atoms with E-state index in [1.807, 2.05) is 0 Å². The average molecular weight is 224 g/mol. The van der Waals surface area contributed by atoms with E-state index in [0.717, 1.165) is 9.84 Å². The molecule has 0 amide bonds. The van der Waals surface area contributed by atoms with Crippen LogP contribution in [0.4, 0.5) is 0 Å². The van der Waals surface area contributed by atoms with Crippen molar-refractivity contribution in [3.05, 3.63) is 0 Å². The van der Waals surface area contributed by atoms with E-state index in [0.29, 0.717) is 0 Å². The van der Waals surface area contributed by atoms with Crippen molar-refractivity contribution in [2.75, 3.05) is 0 Å². The van der Waals surface area contributed by atoms with Crippen LogP contribution in [0.25, 0.3) is 0 Å². The van der Waals surface area contributed by atoms with E-state index in [-0.39, 0.29) is 0 Å². The molecule has 48 valence electrons. The van der Waals surface area contributed by atoms with E-state index in [2.05, 4.69) is 29.5 Å². The molecule has 8 heavy (non-hydrogen) atoms. The predicted molar refractivity (Wildman–Crippen MR) is 45.4 cm³/mol. The lowest BCUT2D eigenvalue weighted by molar-refractivity contribution is 0.658. The summed E-state index contributed by atoms with van der Waals surface area (Å²) in [5, 5.41) is 0. The fourth-order valence-electron chi connectivity index (χ4n) is 0.976. The number of alkyl halides is 1. The predicted octanol–water partition coefficient (Wildman–Crippen LogP) is 3.00. The van der Waals surface area contributed by atoms with E-state index < -0.39 is 0 Å². The van der Waals surface area contributed by atoms with Crippen LogP contribution >= 0.6 is 22.6 Å². The van der Waals surface area contributed by atoms with Crippen molar-refractivity contribution in [1.82, 2.24) is 0 Å². The Balaban J connectivity index is 1.89. The Kier molecular flexibility index (Phi) is 2.60. The fraction of sp³-hybridized carbons (Fsp3) is 1.00. The van der Waals surface area contributed by atoms with Crippen LogP contribution in [0, 0.1) is 5.92 Å². The van der Waals surface area contributed by atoms with Crippen molar-refractivity contribution in [3.63, 3.8) is 0 Å². The number of rotatable bonds is 3. The van der Waals surface area contributed by atoms with Gasteiger partial charge in [0.2, 0.25) is 0 Å². The molecule has 2 atom stereocenters. The molecule has 0 aliphatic heterocycles. The van der Waals surface area contributed by atoms with Gasteiger partial charge in [0.1, 0.15) is 0 Å². The second-order valence-electron chi connectivity index (χ2n) is 2.65. The lowest BCUT2D eigenvalue weighted by Gasteiger charge is -1.90. The zero-order chi connectivity index (χ0) is 5.98. The SMILES string of the molecule is CCCCC1CC1I. The molecule has 0 aromatic carbocycles. The Bertz CT molecular complexity index is 70.8. The van der Waals surface area contributed by atoms with Gasteiger partial charge in [0.15, 0.2) is 0 Å². The van der Waals surface area contributed by atoms with Crippen LogP contribution in [0.5, 0.6) is 0 Å². The zero-order valence-electron chi connectivity index (χ0n) is 5.36. The lowest BCUT2D eigenvalue weighted by atomic mass is 10.2. The molecule has 0 aromatic heterocycles. The summed E-state index contributed by atoms with van der Waals surface area (Å²) >= 11 is 2.56. The highest BCUT2D eigenvalue weighted by atomic mass is 127. The highest BCUT2D eigenvalue weighted by molar-refractivity contribution is 14.1. The van der Waals surface area contributed by atoms with Gasteiger partial charge in [-0.05, 0) is 18.8 Å². The van der Waals surface area contributed by atoms with E-state index in [1.165, 1.54) is 25.7 Å². The Morgan fingerprint density at radius 1 is 1.62 bits per heavy atom. The quantitative estimate of drug-likeness (QED) is 0.510. The molecule has 0 heterocycles. The minimum Gasteiger partial charge on any atom is -0.0823 e. The Hall–Kier alpha value is 0.730. The van der Waals surface area contributed by atoms with Gasteiger partial charge in [-0.3, -0.25) is 0 Å². The largest absolute Gasteiger partial charge is 0.0823 e. The fourth-order valence-corrected chi connectivity index (χ4v) is 1.99. The van der Waals surface area contributed by atoms with E-state index in [1.54, 1.807) is 0 Å². The summed E-state index contributed by atoms with van der Waals surface area (Å²) in [4.78, 5) is 0. The molecule has 0 spiro atoms. The van der Waals surface area contributed by atoms with Crippen molar-refractivity contribution in [2.45, 2.75) is 36.5 Å². The van der Waals surface area contributed by atoms with Crippen LogP contribution in [-0.4, -0.2) is 3.92 Å². The van der Waals surface area contributed by atoms with E-state index in [4.69, 9.17) is 0 Å². The molecule has 1 aliphatic carbocycles. The smallest absolute Gasteiger partial charge is 0.0141 e. The molecule has 2 unspecified atom stereocenters. The molecular formula is C7H13I. The Morgan fingerprint density at radius 3 is 2.62 bits per heavy atom. The van der Waals surface area contributed by atoms with Gasteiger partial charge in [-0.15, -0.1) is 0 Å². The summed E-state index contributed by atoms with van der Waals surface area (Å²) in [7, 11) is 0. The molecule has 0 bridgehead atoms. The van der Waals surface area contributed by atoms with Crippen LogP contribution in [0.3, 0.4) is 0 Å². The molecule has 0 nitrogen and oxygen atoms in total. The standard InChI is InChI=1S/C7H13I/c1-2-3-4-6-5-7(6)8/h6-7H,2-5H2,1H3. The highest BCUT2D eigenvalue weighted by Crippen LogP contribution is 2.41. The van der Waals surface area contributed by atoms with Gasteiger partial charge in [0.25, 0.3) is 0 Å². The van der Waals surface area contributed by atoms with Crippen molar-refractivity contribution in [2.24, 2.45) is 5.92 Å². The third-order valence-electron chi connectivity index (χ3n) is 1.76. The molecule has 0 saturated heterocycles. The molecule has 0 aromatic rings. The van der Waals surface area contributed by atoms with Gasteiger partial charge >= 0.3 is 0 Å². The Labute approximate surface area is 65.2 Å². The molecule has 1 heteroatoms. The van der Waals surface area contributed by atoms with Crippen LogP contribution in [-0.2, 0) is 0 Å². The minimum atomic E-state index is 1.04. The summed E-state index contributed by atoms with van der Waals surface area (Å²) in [5.41, 5.74) is 0. The van der Waals surface area contributed by atoms with Gasteiger partial charge in [-0.25, -0.2) is 0 Å². The summed E-state index contributed by atoms with van der Waals surface area (Å²) < 4.78 is 1.04. The second-order valence-corrected chi connectivity index (χ2v) is 4.25. The van der Waals surface area contributed by atoms with Crippen LogP contribution in [0.2, 0.25) is 0 Å². The molecule has 1 fully saturated rings. The molecule has 1 rings (SSSR count). The van der Waals surface area contributed by atoms with Crippen molar-refractivity contribution in [1.29, 1.82) is 0 Å². The van der Waals surface area contributed by atoms with Gasteiger partial charge in [0.05, 0.1) is 0 Å². The second kappa shape index (κ2) is 3.04. The van der Waals surface area contributed by atoms with E-state index >= 15 is 0 Å². The number of hydrogen-bond acceptors (Lipinski definition) is 0. The van der Waals surface area contributed by atoms with Crippen LogP contribution < -0.4 is 0 Å². The van der Waals surface area contributed by atoms with Gasteiger partial charge in [0, 0.05) is 3.92 Å². The van der Waals surface area contributed by atoms with Gasteiger partial charge < -0.3 is 0 Å². The summed E-state index contributed by atoms with van der Waals surface area (Å²) in [6.07, 6.45) is 5.81. The zero-order valence-corrected chi connectivity index (χ0v) is 7.52. The first kappa shape index (κ1) is 6.84. The van der Waals surface area contributed by atoms with Crippen molar-refractivity contribution >= 4 is 22.6 Å². The molecular weight excluding hydrogens is 211 g/mol. The maximum Gasteiger partial charge on any atom is 0.0141 e. The molecule has 1 aliphatic rings. The first-order valence-corrected chi connectivity index (χ1v) is 4.73. The molecule has 1 saturated carbocycles. The monoisotopic (exact) mass is 224 g/mol. The van der Waals surface area contributed by atoms with Crippen LogP contribution in [0.1, 0.15) is 32.6 Å². The number of unbranched alkanes of at least 4 members (excludes halogenated alkanes) is 1. The topological polar surface area (TPSA) is 0 Å².